The number of carbonyl (C=O) groups excluding carboxylic acids is 1. The number of amides is 1. The van der Waals surface area contributed by atoms with Crippen molar-refractivity contribution in [1.82, 2.24) is 19.7 Å². The van der Waals surface area contributed by atoms with Crippen LogP contribution in [0.2, 0.25) is 0 Å². The minimum absolute atomic E-state index is 0.177. The molecule has 1 saturated heterocycles. The summed E-state index contributed by atoms with van der Waals surface area (Å²) in [6.07, 6.45) is 8.92. The van der Waals surface area contributed by atoms with Crippen molar-refractivity contribution in [2.75, 3.05) is 13.1 Å². The lowest BCUT2D eigenvalue weighted by Crippen LogP contribution is -2.40. The predicted octanol–water partition coefficient (Wildman–Crippen LogP) is 4.32. The van der Waals surface area contributed by atoms with Gasteiger partial charge in [-0.15, -0.1) is 10.2 Å². The lowest BCUT2D eigenvalue weighted by molar-refractivity contribution is -0.131. The first-order chi connectivity index (χ1) is 14.6. The van der Waals surface area contributed by atoms with Gasteiger partial charge in [0.25, 0.3) is 0 Å². The van der Waals surface area contributed by atoms with E-state index in [9.17, 15) is 4.79 Å². The fourth-order valence-corrected chi connectivity index (χ4v) is 5.02. The number of aromatic nitrogens is 3. The highest BCUT2D eigenvalue weighted by Crippen LogP contribution is 2.30. The average molecular weight is 407 g/mol. The van der Waals surface area contributed by atoms with Gasteiger partial charge >= 0.3 is 0 Å². The van der Waals surface area contributed by atoms with E-state index in [0.717, 1.165) is 72.6 Å². The molecule has 1 atom stereocenters. The molecule has 6 heteroatoms. The van der Waals surface area contributed by atoms with Gasteiger partial charge in [0.2, 0.25) is 5.91 Å². The van der Waals surface area contributed by atoms with E-state index in [1.165, 1.54) is 24.8 Å². The Bertz CT molecular complexity index is 1080. The summed E-state index contributed by atoms with van der Waals surface area (Å²) in [5.74, 6) is 2.68. The first-order valence-corrected chi connectivity index (χ1v) is 11.3. The average Bonchev–Trinajstić information content (AvgIpc) is 3.28. The summed E-state index contributed by atoms with van der Waals surface area (Å²) < 4.78 is 8.14. The van der Waals surface area contributed by atoms with E-state index in [2.05, 4.69) is 40.7 Å². The van der Waals surface area contributed by atoms with E-state index in [1.54, 1.807) is 6.26 Å². The van der Waals surface area contributed by atoms with E-state index in [-0.39, 0.29) is 11.8 Å². The van der Waals surface area contributed by atoms with Gasteiger partial charge in [-0.1, -0.05) is 18.6 Å². The van der Waals surface area contributed by atoms with Crippen molar-refractivity contribution < 1.29 is 9.21 Å². The van der Waals surface area contributed by atoms with E-state index < -0.39 is 0 Å². The number of piperidine rings is 1. The molecular weight excluding hydrogens is 376 g/mol. The summed E-state index contributed by atoms with van der Waals surface area (Å²) in [5.41, 5.74) is 4.25. The predicted molar refractivity (Wildman–Crippen MR) is 116 cm³/mol. The minimum atomic E-state index is 0.177. The molecule has 0 saturated carbocycles. The third-order valence-corrected chi connectivity index (χ3v) is 6.96. The van der Waals surface area contributed by atoms with Crippen LogP contribution in [0.5, 0.6) is 0 Å². The molecule has 1 fully saturated rings. The van der Waals surface area contributed by atoms with Crippen LogP contribution in [0, 0.1) is 13.8 Å². The maximum absolute atomic E-state index is 13.2. The maximum Gasteiger partial charge on any atom is 0.227 e. The van der Waals surface area contributed by atoms with Crippen molar-refractivity contribution in [1.29, 1.82) is 0 Å². The number of carbonyl (C=O) groups is 1. The molecule has 1 amide bonds. The van der Waals surface area contributed by atoms with Crippen molar-refractivity contribution >= 4 is 16.9 Å². The molecule has 2 aromatic heterocycles. The van der Waals surface area contributed by atoms with E-state index in [4.69, 9.17) is 4.42 Å². The van der Waals surface area contributed by atoms with Crippen LogP contribution in [0.25, 0.3) is 11.0 Å². The van der Waals surface area contributed by atoms with E-state index in [1.807, 2.05) is 4.90 Å². The van der Waals surface area contributed by atoms with Crippen molar-refractivity contribution in [3.05, 3.63) is 46.7 Å². The van der Waals surface area contributed by atoms with Crippen LogP contribution in [0.4, 0.5) is 0 Å². The third kappa shape index (κ3) is 3.42. The Morgan fingerprint density at radius 3 is 2.93 bits per heavy atom. The summed E-state index contributed by atoms with van der Waals surface area (Å²) in [6, 6.07) is 4.18. The Kier molecular flexibility index (Phi) is 5.09. The van der Waals surface area contributed by atoms with Gasteiger partial charge in [0.15, 0.2) is 0 Å². The second-order valence-corrected chi connectivity index (χ2v) is 8.94. The molecule has 30 heavy (non-hydrogen) atoms. The number of hydrogen-bond acceptors (Lipinski definition) is 4. The molecule has 6 nitrogen and oxygen atoms in total. The molecule has 0 spiro atoms. The Labute approximate surface area is 177 Å². The second-order valence-electron chi connectivity index (χ2n) is 8.94. The summed E-state index contributed by atoms with van der Waals surface area (Å²) in [4.78, 5) is 15.2. The Morgan fingerprint density at radius 1 is 1.13 bits per heavy atom. The van der Waals surface area contributed by atoms with Crippen LogP contribution < -0.4 is 0 Å². The van der Waals surface area contributed by atoms with E-state index in [0.29, 0.717) is 6.42 Å². The molecule has 0 N–H and O–H groups in total. The number of rotatable bonds is 3. The Hall–Kier alpha value is -2.63. The summed E-state index contributed by atoms with van der Waals surface area (Å²) in [5, 5.41) is 10.1. The van der Waals surface area contributed by atoms with Gasteiger partial charge in [-0.05, 0) is 50.7 Å². The number of likely N-dealkylation sites (tertiary alicyclic amines) is 1. The number of hydrogen-bond donors (Lipinski definition) is 0. The number of benzene rings is 1. The van der Waals surface area contributed by atoms with Gasteiger partial charge < -0.3 is 13.9 Å². The minimum Gasteiger partial charge on any atom is -0.464 e. The fraction of sp³-hybridized carbons (Fsp3) is 0.542. The molecule has 0 unspecified atom stereocenters. The molecule has 4 heterocycles. The van der Waals surface area contributed by atoms with Gasteiger partial charge in [-0.3, -0.25) is 4.79 Å². The second kappa shape index (κ2) is 7.89. The number of furan rings is 1. The van der Waals surface area contributed by atoms with Crippen LogP contribution in [-0.4, -0.2) is 38.7 Å². The highest BCUT2D eigenvalue weighted by molar-refractivity contribution is 5.89. The SMILES string of the molecule is Cc1ccc2c(CC(=O)N3CCC[C@H](c4nnc5n4CCCCC5)C3)coc2c1C. The van der Waals surface area contributed by atoms with Crippen molar-refractivity contribution in [2.45, 2.75) is 71.3 Å². The summed E-state index contributed by atoms with van der Waals surface area (Å²) in [6.45, 7) is 6.74. The van der Waals surface area contributed by atoms with Gasteiger partial charge in [-0.2, -0.15) is 0 Å². The topological polar surface area (TPSA) is 64.2 Å². The summed E-state index contributed by atoms with van der Waals surface area (Å²) in [7, 11) is 0. The van der Waals surface area contributed by atoms with Crippen LogP contribution in [0.1, 0.15) is 66.4 Å². The Balaban J connectivity index is 1.33. The smallest absolute Gasteiger partial charge is 0.227 e. The molecule has 0 bridgehead atoms. The maximum atomic E-state index is 13.2. The normalized spacial score (nSPS) is 19.7. The zero-order valence-electron chi connectivity index (χ0n) is 18.0. The lowest BCUT2D eigenvalue weighted by Gasteiger charge is -2.32. The van der Waals surface area contributed by atoms with E-state index >= 15 is 0 Å². The lowest BCUT2D eigenvalue weighted by atomic mass is 9.96. The van der Waals surface area contributed by atoms with Crippen LogP contribution in [0.15, 0.2) is 22.8 Å². The van der Waals surface area contributed by atoms with Crippen LogP contribution in [0.3, 0.4) is 0 Å². The van der Waals surface area contributed by atoms with Crippen LogP contribution in [-0.2, 0) is 24.2 Å². The highest BCUT2D eigenvalue weighted by Gasteiger charge is 2.29. The molecule has 158 valence electrons. The Morgan fingerprint density at radius 2 is 2.03 bits per heavy atom. The molecule has 3 aromatic rings. The molecule has 2 aliphatic rings. The number of fused-ring (bicyclic) bond motifs is 2. The van der Waals surface area contributed by atoms with Crippen molar-refractivity contribution in [2.24, 2.45) is 0 Å². The van der Waals surface area contributed by atoms with Gasteiger partial charge in [0, 0.05) is 42.9 Å². The standard InChI is InChI=1S/C24H30N4O2/c1-16-9-10-20-19(15-30-23(20)17(16)2)13-22(29)27-11-6-7-18(14-27)24-26-25-21-8-4-3-5-12-28(21)24/h9-10,15,18H,3-8,11-14H2,1-2H3/t18-/m0/s1. The largest absolute Gasteiger partial charge is 0.464 e. The fourth-order valence-electron chi connectivity index (χ4n) is 5.02. The quantitative estimate of drug-likeness (QED) is 0.650. The van der Waals surface area contributed by atoms with Gasteiger partial charge in [-0.25, -0.2) is 0 Å². The number of aryl methyl sites for hydroxylation is 3. The first-order valence-electron chi connectivity index (χ1n) is 11.3. The zero-order chi connectivity index (χ0) is 20.7. The first kappa shape index (κ1) is 19.3. The van der Waals surface area contributed by atoms with Crippen molar-refractivity contribution in [3.8, 4) is 0 Å². The molecule has 2 aliphatic heterocycles. The molecule has 0 aliphatic carbocycles. The van der Waals surface area contributed by atoms with Crippen LogP contribution >= 0.6 is 0 Å². The highest BCUT2D eigenvalue weighted by atomic mass is 16.3. The zero-order valence-corrected chi connectivity index (χ0v) is 18.0. The third-order valence-electron chi connectivity index (χ3n) is 6.96. The molecule has 0 radical (unpaired) electrons. The molecule has 5 rings (SSSR count). The van der Waals surface area contributed by atoms with Gasteiger partial charge in [0.05, 0.1) is 12.7 Å². The molecular formula is C24H30N4O2. The monoisotopic (exact) mass is 406 g/mol. The van der Waals surface area contributed by atoms with Crippen molar-refractivity contribution in [3.63, 3.8) is 0 Å². The summed E-state index contributed by atoms with van der Waals surface area (Å²) >= 11 is 0. The number of nitrogens with zero attached hydrogens (tertiary/aromatic N) is 4. The van der Waals surface area contributed by atoms with Gasteiger partial charge in [0.1, 0.15) is 17.2 Å². The molecule has 1 aromatic carbocycles.